The van der Waals surface area contributed by atoms with Crippen LogP contribution in [0.5, 0.6) is 0 Å². The Bertz CT molecular complexity index is 1300. The van der Waals surface area contributed by atoms with Crippen LogP contribution in [-0.4, -0.2) is 0 Å². The second-order valence-corrected chi connectivity index (χ2v) is 14.0. The van der Waals surface area contributed by atoms with Crippen molar-refractivity contribution in [1.82, 2.24) is 0 Å². The van der Waals surface area contributed by atoms with Gasteiger partial charge in [-0.1, -0.05) is 119 Å². The molecule has 4 atom stereocenters. The summed E-state index contributed by atoms with van der Waals surface area (Å²) in [5.74, 6) is 2.45. The molecule has 0 saturated heterocycles. The van der Waals surface area contributed by atoms with E-state index in [1.54, 1.807) is 5.56 Å². The lowest BCUT2D eigenvalue weighted by molar-refractivity contribution is 0.334. The molecule has 1 fully saturated rings. The van der Waals surface area contributed by atoms with Crippen LogP contribution in [0, 0.1) is 42.9 Å². The maximum absolute atomic E-state index is 4.61. The standard InChI is InChI=1S/C38H48/c1-24-17-27(4)35(22-30-12-9-11-25(30)2)37(18-24)33-14-10-13-31-19-29(21-36(31)33)20-34-26(3)15-16-32(28(34)5)23-38(6,7)8/h10,13-19,25,30,32,34H,3,5,9,11-12,20-23H2,1-2,4,6-8H3/t25-,30?,32?,34?/m0/s1. The molecule has 0 N–H and O–H groups in total. The molecule has 1 saturated carbocycles. The molecule has 0 amide bonds. The lowest BCUT2D eigenvalue weighted by Gasteiger charge is -2.33. The van der Waals surface area contributed by atoms with E-state index >= 15 is 0 Å². The summed E-state index contributed by atoms with van der Waals surface area (Å²) >= 11 is 0. The molecule has 0 bridgehead atoms. The third-order valence-corrected chi connectivity index (χ3v) is 9.60. The van der Waals surface area contributed by atoms with Crippen LogP contribution in [0.2, 0.25) is 0 Å². The first-order valence-electron chi connectivity index (χ1n) is 15.0. The summed E-state index contributed by atoms with van der Waals surface area (Å²) in [5.41, 5.74) is 14.7. The van der Waals surface area contributed by atoms with Crippen LogP contribution < -0.4 is 0 Å². The number of aryl methyl sites for hydroxylation is 2. The summed E-state index contributed by atoms with van der Waals surface area (Å²) in [7, 11) is 0. The quantitative estimate of drug-likeness (QED) is 0.343. The Labute approximate surface area is 232 Å². The molecule has 3 aliphatic rings. The summed E-state index contributed by atoms with van der Waals surface area (Å²) in [6, 6.07) is 11.8. The number of benzene rings is 2. The minimum Gasteiger partial charge on any atom is -0.0986 e. The Morgan fingerprint density at radius 1 is 0.974 bits per heavy atom. The SMILES string of the molecule is C=C1C=CC(CC(C)(C)C)C(=C)C1CC1=Cc2cccc(-c3cc(C)cc(C)c3CC3CCC[C@@H]3C)c2C1. The van der Waals surface area contributed by atoms with Gasteiger partial charge in [0, 0.05) is 5.92 Å². The second-order valence-electron chi connectivity index (χ2n) is 14.0. The van der Waals surface area contributed by atoms with Crippen LogP contribution in [-0.2, 0) is 12.8 Å². The molecule has 2 aromatic carbocycles. The number of rotatable bonds is 6. The number of allylic oxidation sites excluding steroid dienone is 5. The van der Waals surface area contributed by atoms with E-state index in [4.69, 9.17) is 0 Å². The van der Waals surface area contributed by atoms with E-state index in [0.29, 0.717) is 17.3 Å². The molecule has 2 aromatic rings. The van der Waals surface area contributed by atoms with Crippen molar-refractivity contribution in [2.24, 2.45) is 29.1 Å². The van der Waals surface area contributed by atoms with Gasteiger partial charge in [0.15, 0.2) is 0 Å². The Kier molecular flexibility index (Phi) is 7.47. The molecule has 0 aliphatic heterocycles. The Morgan fingerprint density at radius 3 is 2.47 bits per heavy atom. The van der Waals surface area contributed by atoms with Gasteiger partial charge in [-0.25, -0.2) is 0 Å². The zero-order chi connectivity index (χ0) is 27.2. The fourth-order valence-corrected chi connectivity index (χ4v) is 7.47. The summed E-state index contributed by atoms with van der Waals surface area (Å²) < 4.78 is 0. The van der Waals surface area contributed by atoms with Gasteiger partial charge in [-0.2, -0.15) is 0 Å². The van der Waals surface area contributed by atoms with Gasteiger partial charge in [0.2, 0.25) is 0 Å². The number of fused-ring (bicyclic) bond motifs is 1. The van der Waals surface area contributed by atoms with Crippen molar-refractivity contribution in [2.75, 3.05) is 0 Å². The van der Waals surface area contributed by atoms with Crippen molar-refractivity contribution in [3.63, 3.8) is 0 Å². The van der Waals surface area contributed by atoms with Crippen molar-refractivity contribution in [3.8, 4) is 11.1 Å². The summed E-state index contributed by atoms with van der Waals surface area (Å²) in [6.07, 6.45) is 15.7. The van der Waals surface area contributed by atoms with Crippen LogP contribution in [0.3, 0.4) is 0 Å². The molecule has 38 heavy (non-hydrogen) atoms. The van der Waals surface area contributed by atoms with Gasteiger partial charge in [-0.3, -0.25) is 0 Å². The van der Waals surface area contributed by atoms with Crippen molar-refractivity contribution in [2.45, 2.75) is 86.5 Å². The third kappa shape index (κ3) is 5.56. The van der Waals surface area contributed by atoms with Gasteiger partial charge in [-0.15, -0.1) is 0 Å². The molecule has 0 nitrogen and oxygen atoms in total. The Hall–Kier alpha value is -2.60. The van der Waals surface area contributed by atoms with Gasteiger partial charge in [0.25, 0.3) is 0 Å². The minimum atomic E-state index is 0.291. The average Bonchev–Trinajstić information content (AvgIpc) is 3.44. The molecule has 0 spiro atoms. The number of hydrogen-bond donors (Lipinski definition) is 0. The fraction of sp³-hybridized carbons (Fsp3) is 0.474. The van der Waals surface area contributed by atoms with E-state index in [9.17, 15) is 0 Å². The van der Waals surface area contributed by atoms with E-state index in [-0.39, 0.29) is 0 Å². The molecule has 0 heteroatoms. The first kappa shape index (κ1) is 27.0. The van der Waals surface area contributed by atoms with E-state index < -0.39 is 0 Å². The molecule has 5 rings (SSSR count). The maximum atomic E-state index is 4.61. The van der Waals surface area contributed by atoms with Crippen molar-refractivity contribution < 1.29 is 0 Å². The van der Waals surface area contributed by atoms with Gasteiger partial charge in [-0.05, 0) is 108 Å². The zero-order valence-corrected chi connectivity index (χ0v) is 24.8. The van der Waals surface area contributed by atoms with Gasteiger partial charge < -0.3 is 0 Å². The van der Waals surface area contributed by atoms with E-state index in [1.807, 2.05) is 0 Å². The molecule has 3 unspecified atom stereocenters. The maximum Gasteiger partial charge on any atom is 0.00827 e. The lowest BCUT2D eigenvalue weighted by Crippen LogP contribution is -2.21. The third-order valence-electron chi connectivity index (χ3n) is 9.60. The molecule has 0 aromatic heterocycles. The topological polar surface area (TPSA) is 0 Å². The lowest BCUT2D eigenvalue weighted by atomic mass is 9.71. The van der Waals surface area contributed by atoms with Gasteiger partial charge in [0.05, 0.1) is 0 Å². The van der Waals surface area contributed by atoms with Gasteiger partial charge in [0.1, 0.15) is 0 Å². The van der Waals surface area contributed by atoms with Crippen molar-refractivity contribution in [1.29, 1.82) is 0 Å². The van der Waals surface area contributed by atoms with Crippen LogP contribution in [0.25, 0.3) is 17.2 Å². The smallest absolute Gasteiger partial charge is 0.00827 e. The second kappa shape index (κ2) is 10.5. The van der Waals surface area contributed by atoms with Crippen LogP contribution >= 0.6 is 0 Å². The largest absolute Gasteiger partial charge is 0.0986 e. The van der Waals surface area contributed by atoms with E-state index in [2.05, 4.69) is 103 Å². The van der Waals surface area contributed by atoms with Crippen molar-refractivity contribution >= 4 is 6.08 Å². The van der Waals surface area contributed by atoms with E-state index in [1.165, 1.54) is 75.8 Å². The predicted octanol–water partition coefficient (Wildman–Crippen LogP) is 10.6. The van der Waals surface area contributed by atoms with Crippen LogP contribution in [0.15, 0.2) is 72.4 Å². The van der Waals surface area contributed by atoms with Crippen LogP contribution in [0.4, 0.5) is 0 Å². The molecule has 3 aliphatic carbocycles. The minimum absolute atomic E-state index is 0.291. The highest BCUT2D eigenvalue weighted by Gasteiger charge is 2.31. The summed E-state index contributed by atoms with van der Waals surface area (Å²) in [4.78, 5) is 0. The Balaban J connectivity index is 1.41. The Morgan fingerprint density at radius 2 is 1.76 bits per heavy atom. The molecular weight excluding hydrogens is 456 g/mol. The molecule has 200 valence electrons. The van der Waals surface area contributed by atoms with E-state index in [0.717, 1.165) is 31.1 Å². The van der Waals surface area contributed by atoms with Gasteiger partial charge >= 0.3 is 0 Å². The number of hydrogen-bond acceptors (Lipinski definition) is 0. The molecular formula is C38H48. The fourth-order valence-electron chi connectivity index (χ4n) is 7.47. The highest BCUT2D eigenvalue weighted by Crippen LogP contribution is 2.45. The molecule has 0 radical (unpaired) electrons. The average molecular weight is 505 g/mol. The first-order chi connectivity index (χ1) is 18.0. The monoisotopic (exact) mass is 504 g/mol. The highest BCUT2D eigenvalue weighted by molar-refractivity contribution is 5.80. The summed E-state index contributed by atoms with van der Waals surface area (Å²) in [6.45, 7) is 23.1. The predicted molar refractivity (Wildman–Crippen MR) is 166 cm³/mol. The molecule has 0 heterocycles. The normalized spacial score (nSPS) is 25.2. The highest BCUT2D eigenvalue weighted by atomic mass is 14.4. The van der Waals surface area contributed by atoms with Crippen LogP contribution in [0.1, 0.15) is 87.6 Å². The summed E-state index contributed by atoms with van der Waals surface area (Å²) in [5, 5.41) is 0. The van der Waals surface area contributed by atoms with Crippen molar-refractivity contribution in [3.05, 3.63) is 100 Å². The zero-order valence-electron chi connectivity index (χ0n) is 24.8. The first-order valence-corrected chi connectivity index (χ1v) is 15.0.